The zero-order chi connectivity index (χ0) is 27.0. The van der Waals surface area contributed by atoms with Crippen LogP contribution in [-0.2, 0) is 32.6 Å². The van der Waals surface area contributed by atoms with Gasteiger partial charge in [0, 0.05) is 24.0 Å². The molecule has 1 N–H and O–H groups in total. The predicted octanol–water partition coefficient (Wildman–Crippen LogP) is 4.30. The van der Waals surface area contributed by atoms with Crippen LogP contribution < -0.4 is 9.62 Å². The Morgan fingerprint density at radius 2 is 1.54 bits per heavy atom. The Morgan fingerprint density at radius 1 is 0.919 bits per heavy atom. The fourth-order valence-electron chi connectivity index (χ4n) is 3.96. The lowest BCUT2D eigenvalue weighted by Crippen LogP contribution is -2.53. The number of hydrogen-bond acceptors (Lipinski definition) is 4. The maximum absolute atomic E-state index is 13.9. The van der Waals surface area contributed by atoms with E-state index in [0.29, 0.717) is 18.7 Å². The normalized spacial score (nSPS) is 12.0. The second kappa shape index (κ2) is 12.9. The number of nitrogens with zero attached hydrogens (tertiary/aromatic N) is 2. The topological polar surface area (TPSA) is 86.8 Å². The molecule has 3 aromatic carbocycles. The molecular weight excluding hydrogens is 554 g/mol. The molecule has 0 unspecified atom stereocenters. The number of rotatable bonds is 11. The minimum Gasteiger partial charge on any atom is -0.355 e. The van der Waals surface area contributed by atoms with Crippen LogP contribution in [0.1, 0.15) is 23.6 Å². The van der Waals surface area contributed by atoms with Gasteiger partial charge in [-0.1, -0.05) is 76.1 Å². The minimum absolute atomic E-state index is 0.145. The van der Waals surface area contributed by atoms with Crippen LogP contribution in [-0.4, -0.2) is 50.5 Å². The van der Waals surface area contributed by atoms with E-state index in [1.165, 1.54) is 4.90 Å². The van der Waals surface area contributed by atoms with Crippen LogP contribution in [0.3, 0.4) is 0 Å². The molecule has 9 heteroatoms. The maximum Gasteiger partial charge on any atom is 0.244 e. The molecule has 0 heterocycles. The summed E-state index contributed by atoms with van der Waals surface area (Å²) in [6, 6.07) is 23.0. The van der Waals surface area contributed by atoms with Crippen molar-refractivity contribution in [1.29, 1.82) is 0 Å². The molecule has 0 saturated heterocycles. The van der Waals surface area contributed by atoms with Crippen LogP contribution in [0.15, 0.2) is 83.3 Å². The van der Waals surface area contributed by atoms with Gasteiger partial charge in [0.15, 0.2) is 0 Å². The van der Waals surface area contributed by atoms with Crippen LogP contribution in [0.4, 0.5) is 5.69 Å². The standard InChI is InChI=1S/C28H32BrN3O4S/c1-4-30-28(34)26(18-22-8-6-5-7-9-22)31(19-23-12-14-24(29)15-13-23)27(33)20-32(37(3,35)36)25-16-10-21(2)11-17-25/h5-17,26H,4,18-20H2,1-3H3,(H,30,34)/t26-/m0/s1. The number of hydrogen-bond donors (Lipinski definition) is 1. The second-order valence-corrected chi connectivity index (χ2v) is 11.7. The molecule has 0 bridgehead atoms. The van der Waals surface area contributed by atoms with E-state index in [-0.39, 0.29) is 12.5 Å². The van der Waals surface area contributed by atoms with Gasteiger partial charge in [0.05, 0.1) is 11.9 Å². The number of sulfonamides is 1. The summed E-state index contributed by atoms with van der Waals surface area (Å²) in [5.74, 6) is -0.765. The Labute approximate surface area is 227 Å². The fourth-order valence-corrected chi connectivity index (χ4v) is 5.07. The molecule has 2 amide bonds. The molecule has 0 saturated carbocycles. The van der Waals surface area contributed by atoms with Crippen LogP contribution in [0.2, 0.25) is 0 Å². The van der Waals surface area contributed by atoms with Gasteiger partial charge in [-0.15, -0.1) is 0 Å². The van der Waals surface area contributed by atoms with E-state index in [0.717, 1.165) is 31.7 Å². The van der Waals surface area contributed by atoms with Gasteiger partial charge in [-0.25, -0.2) is 8.42 Å². The lowest BCUT2D eigenvalue weighted by Gasteiger charge is -2.33. The van der Waals surface area contributed by atoms with Crippen molar-refractivity contribution < 1.29 is 18.0 Å². The average Bonchev–Trinajstić information content (AvgIpc) is 2.86. The van der Waals surface area contributed by atoms with Crippen molar-refractivity contribution in [3.05, 3.63) is 100 Å². The molecule has 196 valence electrons. The van der Waals surface area contributed by atoms with E-state index in [4.69, 9.17) is 0 Å². The highest BCUT2D eigenvalue weighted by Gasteiger charge is 2.32. The number of carbonyl (C=O) groups excluding carboxylic acids is 2. The van der Waals surface area contributed by atoms with Crippen LogP contribution in [0.25, 0.3) is 0 Å². The third-order valence-electron chi connectivity index (χ3n) is 5.89. The summed E-state index contributed by atoms with van der Waals surface area (Å²) in [7, 11) is -3.77. The molecule has 3 aromatic rings. The third-order valence-corrected chi connectivity index (χ3v) is 7.56. The minimum atomic E-state index is -3.77. The molecule has 0 aliphatic carbocycles. The number of halogens is 1. The zero-order valence-electron chi connectivity index (χ0n) is 21.2. The number of anilines is 1. The number of likely N-dealkylation sites (N-methyl/N-ethyl adjacent to an activating group) is 1. The van der Waals surface area contributed by atoms with E-state index >= 15 is 0 Å². The summed E-state index contributed by atoms with van der Waals surface area (Å²) in [6.45, 7) is 3.85. The van der Waals surface area contributed by atoms with Crippen LogP contribution in [0.5, 0.6) is 0 Å². The Hall–Kier alpha value is -3.17. The number of amides is 2. The summed E-state index contributed by atoms with van der Waals surface area (Å²) in [4.78, 5) is 28.6. The van der Waals surface area contributed by atoms with Gasteiger partial charge in [-0.3, -0.25) is 13.9 Å². The monoisotopic (exact) mass is 585 g/mol. The Kier molecular flexibility index (Phi) is 9.88. The van der Waals surface area contributed by atoms with Crippen molar-refractivity contribution in [3.8, 4) is 0 Å². The van der Waals surface area contributed by atoms with Crippen molar-refractivity contribution in [1.82, 2.24) is 10.2 Å². The molecule has 1 atom stereocenters. The second-order valence-electron chi connectivity index (χ2n) is 8.85. The number of carbonyl (C=O) groups is 2. The Morgan fingerprint density at radius 3 is 2.11 bits per heavy atom. The van der Waals surface area contributed by atoms with Crippen molar-refractivity contribution in [2.45, 2.75) is 32.9 Å². The first-order valence-electron chi connectivity index (χ1n) is 12.0. The van der Waals surface area contributed by atoms with Gasteiger partial charge in [0.25, 0.3) is 0 Å². The fraction of sp³-hybridized carbons (Fsp3) is 0.286. The van der Waals surface area contributed by atoms with E-state index in [1.807, 2.05) is 68.4 Å². The van der Waals surface area contributed by atoms with Crippen LogP contribution in [0, 0.1) is 6.92 Å². The molecule has 37 heavy (non-hydrogen) atoms. The highest BCUT2D eigenvalue weighted by atomic mass is 79.9. The molecule has 0 aliphatic heterocycles. The van der Waals surface area contributed by atoms with Gasteiger partial charge in [-0.05, 0) is 49.2 Å². The first-order valence-corrected chi connectivity index (χ1v) is 14.6. The van der Waals surface area contributed by atoms with Crippen molar-refractivity contribution in [2.24, 2.45) is 0 Å². The first kappa shape index (κ1) is 28.4. The number of aryl methyl sites for hydroxylation is 1. The summed E-state index contributed by atoms with van der Waals surface area (Å²) < 4.78 is 27.5. The smallest absolute Gasteiger partial charge is 0.244 e. The summed E-state index contributed by atoms with van der Waals surface area (Å²) >= 11 is 3.43. The van der Waals surface area contributed by atoms with E-state index in [2.05, 4.69) is 21.2 Å². The van der Waals surface area contributed by atoms with E-state index in [1.54, 1.807) is 24.3 Å². The summed E-state index contributed by atoms with van der Waals surface area (Å²) in [6.07, 6.45) is 1.36. The molecular formula is C28H32BrN3O4S. The Bertz CT molecular complexity index is 1300. The molecule has 0 aromatic heterocycles. The summed E-state index contributed by atoms with van der Waals surface area (Å²) in [5.41, 5.74) is 3.08. The third kappa shape index (κ3) is 8.16. The van der Waals surface area contributed by atoms with Crippen molar-refractivity contribution in [3.63, 3.8) is 0 Å². The van der Waals surface area contributed by atoms with Gasteiger partial charge < -0.3 is 10.2 Å². The SMILES string of the molecule is CCNC(=O)[C@H](Cc1ccccc1)N(Cc1ccc(Br)cc1)C(=O)CN(c1ccc(C)cc1)S(C)(=O)=O. The lowest BCUT2D eigenvalue weighted by molar-refractivity contribution is -0.140. The van der Waals surface area contributed by atoms with Crippen molar-refractivity contribution >= 4 is 43.5 Å². The molecule has 0 spiro atoms. The van der Waals surface area contributed by atoms with Gasteiger partial charge in [0.2, 0.25) is 21.8 Å². The number of nitrogens with one attached hydrogen (secondary N) is 1. The highest BCUT2D eigenvalue weighted by Crippen LogP contribution is 2.21. The van der Waals surface area contributed by atoms with Gasteiger partial charge in [-0.2, -0.15) is 0 Å². The molecule has 7 nitrogen and oxygen atoms in total. The molecule has 3 rings (SSSR count). The summed E-state index contributed by atoms with van der Waals surface area (Å²) in [5, 5.41) is 2.85. The Balaban J connectivity index is 2.02. The first-order chi connectivity index (χ1) is 17.6. The average molecular weight is 587 g/mol. The highest BCUT2D eigenvalue weighted by molar-refractivity contribution is 9.10. The predicted molar refractivity (Wildman–Crippen MR) is 151 cm³/mol. The molecule has 0 radical (unpaired) electrons. The lowest BCUT2D eigenvalue weighted by atomic mass is 10.0. The van der Waals surface area contributed by atoms with E-state index < -0.39 is 28.5 Å². The van der Waals surface area contributed by atoms with E-state index in [9.17, 15) is 18.0 Å². The van der Waals surface area contributed by atoms with Crippen molar-refractivity contribution in [2.75, 3.05) is 23.7 Å². The maximum atomic E-state index is 13.9. The quantitative estimate of drug-likeness (QED) is 0.363. The largest absolute Gasteiger partial charge is 0.355 e. The molecule has 0 fully saturated rings. The van der Waals surface area contributed by atoms with Gasteiger partial charge in [0.1, 0.15) is 12.6 Å². The van der Waals surface area contributed by atoms with Crippen LogP contribution >= 0.6 is 15.9 Å². The number of benzene rings is 3. The molecule has 0 aliphatic rings. The van der Waals surface area contributed by atoms with Gasteiger partial charge >= 0.3 is 0 Å². The zero-order valence-corrected chi connectivity index (χ0v) is 23.6.